The van der Waals surface area contributed by atoms with Crippen molar-refractivity contribution in [2.24, 2.45) is 0 Å². The van der Waals surface area contributed by atoms with Crippen molar-refractivity contribution in [3.05, 3.63) is 105 Å². The highest BCUT2D eigenvalue weighted by molar-refractivity contribution is 6.31. The third kappa shape index (κ3) is 8.11. The largest absolute Gasteiger partial charge is 0.488 e. The average Bonchev–Trinajstić information content (AvgIpc) is 3.93. The lowest BCUT2D eigenvalue weighted by atomic mass is 9.82. The summed E-state index contributed by atoms with van der Waals surface area (Å²) in [6.45, 7) is 0.981. The molecular formula is C37H37ClF3N3O5. The Bertz CT molecular complexity index is 1760. The smallest absolute Gasteiger partial charge is 0.303 e. The molecule has 258 valence electrons. The predicted octanol–water partition coefficient (Wildman–Crippen LogP) is 6.15. The number of carbonyl (C=O) groups excluding carboxylic acids is 2. The summed E-state index contributed by atoms with van der Waals surface area (Å²) in [7, 11) is 0. The van der Waals surface area contributed by atoms with Crippen molar-refractivity contribution in [3.8, 4) is 5.75 Å². The molecule has 1 aliphatic carbocycles. The van der Waals surface area contributed by atoms with Crippen LogP contribution in [0.25, 0.3) is 5.57 Å². The molecule has 1 saturated heterocycles. The van der Waals surface area contributed by atoms with Crippen molar-refractivity contribution in [1.82, 2.24) is 15.1 Å². The Morgan fingerprint density at radius 1 is 0.959 bits per heavy atom. The summed E-state index contributed by atoms with van der Waals surface area (Å²) in [4.78, 5) is 42.3. The number of piperazine rings is 1. The number of carboxylic acid groups (broad SMARTS) is 1. The molecule has 2 atom stereocenters. The summed E-state index contributed by atoms with van der Waals surface area (Å²) in [5.41, 5.74) is 4.16. The van der Waals surface area contributed by atoms with Gasteiger partial charge in [0.2, 0.25) is 11.7 Å². The van der Waals surface area contributed by atoms with Gasteiger partial charge in [0.25, 0.3) is 5.91 Å². The first-order chi connectivity index (χ1) is 23.6. The third-order valence-electron chi connectivity index (χ3n) is 9.25. The van der Waals surface area contributed by atoms with Crippen LogP contribution in [0.3, 0.4) is 0 Å². The summed E-state index contributed by atoms with van der Waals surface area (Å²) in [5, 5.41) is 13.3. The van der Waals surface area contributed by atoms with Gasteiger partial charge in [-0.2, -0.15) is 4.39 Å². The Hall–Kier alpha value is -4.35. The molecule has 0 aromatic heterocycles. The first kappa shape index (κ1) is 34.5. The number of nitrogens with one attached hydrogen (secondary N) is 1. The van der Waals surface area contributed by atoms with Crippen LogP contribution in [0, 0.1) is 17.5 Å². The van der Waals surface area contributed by atoms with E-state index >= 15 is 0 Å². The van der Waals surface area contributed by atoms with E-state index in [9.17, 15) is 27.6 Å². The van der Waals surface area contributed by atoms with Gasteiger partial charge in [0.15, 0.2) is 17.4 Å². The van der Waals surface area contributed by atoms with Crippen molar-refractivity contribution in [2.75, 3.05) is 19.7 Å². The van der Waals surface area contributed by atoms with Crippen molar-refractivity contribution in [3.63, 3.8) is 0 Å². The standard InChI is InChI=1S/C37H37ClF3N3O5/c38-28-6-2-1-5-24(28)19-44(26-11-12-26)37(48)34-27(18-25-20-43(21-31(34)42-25)32(45)15-16-33(46)47)23-9-7-22(8-10-23)4-3-17-49-36-30(40)14-13-29(39)35(36)41/h1-2,5-10,13-14,25-26,31,42H,3-4,11-12,15-21H2,(H,46,47). The molecule has 2 fully saturated rings. The molecule has 49 heavy (non-hydrogen) atoms. The van der Waals surface area contributed by atoms with Crippen LogP contribution < -0.4 is 10.1 Å². The maximum atomic E-state index is 14.6. The van der Waals surface area contributed by atoms with Crippen LogP contribution in [0.15, 0.2) is 66.2 Å². The lowest BCUT2D eigenvalue weighted by Gasteiger charge is -2.45. The van der Waals surface area contributed by atoms with Crippen LogP contribution in [-0.2, 0) is 27.3 Å². The first-order valence-corrected chi connectivity index (χ1v) is 16.9. The third-order valence-corrected chi connectivity index (χ3v) is 9.62. The quantitative estimate of drug-likeness (QED) is 0.165. The van der Waals surface area contributed by atoms with Gasteiger partial charge in [-0.25, -0.2) is 8.78 Å². The van der Waals surface area contributed by atoms with Gasteiger partial charge in [-0.15, -0.1) is 0 Å². The molecule has 3 aromatic rings. The minimum atomic E-state index is -1.35. The lowest BCUT2D eigenvalue weighted by Crippen LogP contribution is -2.62. The highest BCUT2D eigenvalue weighted by Gasteiger charge is 2.43. The number of carboxylic acids is 1. The maximum absolute atomic E-state index is 14.6. The van der Waals surface area contributed by atoms with Gasteiger partial charge in [0.1, 0.15) is 0 Å². The van der Waals surface area contributed by atoms with Crippen LogP contribution in [0.5, 0.6) is 5.75 Å². The predicted molar refractivity (Wildman–Crippen MR) is 177 cm³/mol. The number of carbonyl (C=O) groups is 3. The fourth-order valence-electron chi connectivity index (χ4n) is 6.62. The summed E-state index contributed by atoms with van der Waals surface area (Å²) < 4.78 is 46.5. The second-order valence-electron chi connectivity index (χ2n) is 12.8. The average molecular weight is 696 g/mol. The van der Waals surface area contributed by atoms with E-state index < -0.39 is 35.2 Å². The number of ether oxygens (including phenoxy) is 1. The molecule has 2 N–H and O–H groups in total. The molecule has 12 heteroatoms. The summed E-state index contributed by atoms with van der Waals surface area (Å²) in [5.74, 6) is -5.63. The van der Waals surface area contributed by atoms with E-state index in [0.29, 0.717) is 49.0 Å². The molecular weight excluding hydrogens is 659 g/mol. The van der Waals surface area contributed by atoms with Crippen LogP contribution in [0.1, 0.15) is 55.2 Å². The molecule has 2 amide bonds. The number of benzene rings is 3. The molecule has 2 bridgehead atoms. The van der Waals surface area contributed by atoms with Gasteiger partial charge in [0, 0.05) is 48.7 Å². The molecule has 8 nitrogen and oxygen atoms in total. The van der Waals surface area contributed by atoms with E-state index in [1.807, 2.05) is 47.4 Å². The number of aryl methyl sites for hydroxylation is 1. The van der Waals surface area contributed by atoms with Crippen molar-refractivity contribution >= 4 is 35.0 Å². The monoisotopic (exact) mass is 695 g/mol. The highest BCUT2D eigenvalue weighted by Crippen LogP contribution is 2.38. The molecule has 2 heterocycles. The molecule has 1 saturated carbocycles. The van der Waals surface area contributed by atoms with E-state index in [4.69, 9.17) is 21.4 Å². The SMILES string of the molecule is O=C(O)CCC(=O)N1CC2CC(c3ccc(CCCOc4c(F)ccc(F)c4F)cc3)=C(C(=O)N(Cc3ccccc3Cl)C3CC3)C(C1)N2. The fraction of sp³-hybridized carbons (Fsp3) is 0.378. The van der Waals surface area contributed by atoms with Crippen molar-refractivity contribution in [2.45, 2.75) is 69.6 Å². The second kappa shape index (κ2) is 15.0. The van der Waals surface area contributed by atoms with E-state index in [1.165, 1.54) is 0 Å². The van der Waals surface area contributed by atoms with Gasteiger partial charge >= 0.3 is 5.97 Å². The van der Waals surface area contributed by atoms with Gasteiger partial charge in [-0.3, -0.25) is 14.4 Å². The van der Waals surface area contributed by atoms with Gasteiger partial charge in [0.05, 0.1) is 19.1 Å². The Balaban J connectivity index is 1.23. The maximum Gasteiger partial charge on any atom is 0.303 e. The van der Waals surface area contributed by atoms with Gasteiger partial charge in [-0.1, -0.05) is 54.1 Å². The number of amides is 2. The minimum absolute atomic E-state index is 0.0119. The number of halogens is 4. The van der Waals surface area contributed by atoms with Crippen molar-refractivity contribution in [1.29, 1.82) is 0 Å². The Morgan fingerprint density at radius 3 is 2.41 bits per heavy atom. The Labute approximate surface area is 287 Å². The number of hydrogen-bond donors (Lipinski definition) is 2. The molecule has 6 rings (SSSR count). The number of rotatable bonds is 13. The molecule has 0 spiro atoms. The van der Waals surface area contributed by atoms with E-state index in [0.717, 1.165) is 41.2 Å². The number of hydrogen-bond acceptors (Lipinski definition) is 5. The number of nitrogens with zero attached hydrogens (tertiary/aromatic N) is 2. The zero-order valence-corrected chi connectivity index (χ0v) is 27.5. The Kier molecular flexibility index (Phi) is 10.6. The van der Waals surface area contributed by atoms with E-state index in [1.54, 1.807) is 11.0 Å². The number of fused-ring (bicyclic) bond motifs is 2. The van der Waals surface area contributed by atoms with Crippen LogP contribution in [-0.4, -0.2) is 70.5 Å². The molecule has 0 radical (unpaired) electrons. The van der Waals surface area contributed by atoms with E-state index in [2.05, 4.69) is 5.32 Å². The van der Waals surface area contributed by atoms with Crippen molar-refractivity contribution < 1.29 is 37.4 Å². The summed E-state index contributed by atoms with van der Waals surface area (Å²) >= 11 is 6.51. The highest BCUT2D eigenvalue weighted by atomic mass is 35.5. The normalized spacial score (nSPS) is 18.7. The molecule has 2 unspecified atom stereocenters. The summed E-state index contributed by atoms with van der Waals surface area (Å²) in [6, 6.07) is 16.3. The zero-order chi connectivity index (χ0) is 34.7. The zero-order valence-electron chi connectivity index (χ0n) is 26.8. The van der Waals surface area contributed by atoms with Crippen LogP contribution in [0.2, 0.25) is 5.02 Å². The summed E-state index contributed by atoms with van der Waals surface area (Å²) in [6.07, 6.45) is 2.87. The second-order valence-corrected chi connectivity index (χ2v) is 13.2. The molecule has 3 aliphatic rings. The topological polar surface area (TPSA) is 99.2 Å². The molecule has 2 aliphatic heterocycles. The Morgan fingerprint density at radius 2 is 1.69 bits per heavy atom. The van der Waals surface area contributed by atoms with Gasteiger partial charge in [-0.05, 0) is 72.6 Å². The first-order valence-electron chi connectivity index (χ1n) is 16.5. The van der Waals surface area contributed by atoms with Crippen LogP contribution >= 0.6 is 11.6 Å². The van der Waals surface area contributed by atoms with Crippen LogP contribution in [0.4, 0.5) is 13.2 Å². The van der Waals surface area contributed by atoms with E-state index in [-0.39, 0.29) is 49.9 Å². The lowest BCUT2D eigenvalue weighted by molar-refractivity contribution is -0.141. The number of aliphatic carboxylic acids is 1. The van der Waals surface area contributed by atoms with Gasteiger partial charge < -0.3 is 25.0 Å². The molecule has 3 aromatic carbocycles. The fourth-order valence-corrected chi connectivity index (χ4v) is 6.82. The minimum Gasteiger partial charge on any atom is -0.488 e.